The molecule has 0 radical (unpaired) electrons. The molecule has 8 heteroatoms. The van der Waals surface area contributed by atoms with E-state index in [1.807, 2.05) is 0 Å². The van der Waals surface area contributed by atoms with Crippen LogP contribution >= 0.6 is 0 Å². The second-order valence-corrected chi connectivity index (χ2v) is 7.86. The molecule has 0 saturated carbocycles. The summed E-state index contributed by atoms with van der Waals surface area (Å²) in [5.41, 5.74) is -0.656. The van der Waals surface area contributed by atoms with Crippen molar-refractivity contribution < 1.29 is 27.9 Å². The quantitative estimate of drug-likeness (QED) is 0.769. The summed E-state index contributed by atoms with van der Waals surface area (Å²) in [6.07, 6.45) is -0.594. The highest BCUT2D eigenvalue weighted by atomic mass is 32.2. The maximum absolute atomic E-state index is 11.6. The van der Waals surface area contributed by atoms with Gasteiger partial charge in [0.1, 0.15) is 5.60 Å². The zero-order valence-electron chi connectivity index (χ0n) is 11.2. The minimum Gasteiger partial charge on any atom is -0.480 e. The highest BCUT2D eigenvalue weighted by Crippen LogP contribution is 2.21. The van der Waals surface area contributed by atoms with Gasteiger partial charge in [0.05, 0.1) is 5.75 Å². The summed E-state index contributed by atoms with van der Waals surface area (Å²) in [7, 11) is -3.62. The largest absolute Gasteiger partial charge is 0.480 e. The van der Waals surface area contributed by atoms with E-state index in [2.05, 4.69) is 5.32 Å². The second-order valence-electron chi connectivity index (χ2n) is 5.56. The van der Waals surface area contributed by atoms with E-state index in [0.29, 0.717) is 0 Å². The predicted molar refractivity (Wildman–Crippen MR) is 67.6 cm³/mol. The molecule has 19 heavy (non-hydrogen) atoms. The molecule has 0 bridgehead atoms. The maximum Gasteiger partial charge on any atom is 0.407 e. The molecule has 0 aromatic carbocycles. The number of hydrogen-bond acceptors (Lipinski definition) is 5. The lowest BCUT2D eigenvalue weighted by Gasteiger charge is -2.28. The molecule has 1 amide bonds. The first kappa shape index (κ1) is 15.7. The molecule has 1 aliphatic heterocycles. The number of sulfone groups is 1. The number of aliphatic carboxylic acids is 1. The van der Waals surface area contributed by atoms with Gasteiger partial charge in [0.15, 0.2) is 15.1 Å². The van der Waals surface area contributed by atoms with Crippen LogP contribution in [0.15, 0.2) is 0 Å². The van der Waals surface area contributed by atoms with Crippen LogP contribution in [-0.4, -0.2) is 48.2 Å². The van der Waals surface area contributed by atoms with Crippen LogP contribution in [-0.2, 0) is 19.4 Å². The number of hydrogen-bond donors (Lipinski definition) is 2. The Morgan fingerprint density at radius 3 is 2.37 bits per heavy atom. The number of amides is 1. The monoisotopic (exact) mass is 293 g/mol. The number of carboxylic acid groups (broad SMARTS) is 1. The lowest BCUT2D eigenvalue weighted by molar-refractivity contribution is -0.136. The first-order valence-corrected chi connectivity index (χ1v) is 7.67. The van der Waals surface area contributed by atoms with Gasteiger partial charge < -0.3 is 15.2 Å². The first-order valence-electron chi connectivity index (χ1n) is 5.95. The summed E-state index contributed by atoms with van der Waals surface area (Å²) < 4.78 is 28.2. The van der Waals surface area contributed by atoms with Crippen molar-refractivity contribution >= 4 is 21.9 Å². The van der Waals surface area contributed by atoms with Crippen molar-refractivity contribution in [3.05, 3.63) is 0 Å². The molecule has 1 heterocycles. The molecule has 1 fully saturated rings. The molecule has 0 aromatic heterocycles. The van der Waals surface area contributed by atoms with E-state index in [9.17, 15) is 18.0 Å². The van der Waals surface area contributed by atoms with Gasteiger partial charge in [-0.15, -0.1) is 0 Å². The molecule has 1 rings (SSSR count). The molecule has 0 spiro atoms. The lowest BCUT2D eigenvalue weighted by Crippen LogP contribution is -2.48. The first-order chi connectivity index (χ1) is 8.51. The van der Waals surface area contributed by atoms with Gasteiger partial charge in [-0.05, 0) is 33.6 Å². The molecule has 2 atom stereocenters. The zero-order valence-corrected chi connectivity index (χ0v) is 12.0. The van der Waals surface area contributed by atoms with Gasteiger partial charge in [-0.3, -0.25) is 4.79 Å². The Kier molecular flexibility index (Phi) is 4.44. The fourth-order valence-corrected chi connectivity index (χ4v) is 3.56. The summed E-state index contributed by atoms with van der Waals surface area (Å²) in [6, 6.07) is -0.500. The standard InChI is InChI=1S/C11H19NO6S/c1-11(2,3)18-10(15)12-7-4-5-19(16,17)8(6-7)9(13)14/h7-8H,4-6H2,1-3H3,(H,12,15)(H,13,14). The molecular weight excluding hydrogens is 274 g/mol. The van der Waals surface area contributed by atoms with Crippen molar-refractivity contribution in [3.8, 4) is 0 Å². The Hall–Kier alpha value is -1.31. The number of rotatable bonds is 2. The van der Waals surface area contributed by atoms with Crippen LogP contribution in [0.4, 0.5) is 4.79 Å². The second kappa shape index (κ2) is 5.36. The third kappa shape index (κ3) is 4.70. The summed E-state index contributed by atoms with van der Waals surface area (Å²) in [5.74, 6) is -1.62. The molecule has 0 aromatic rings. The third-order valence-corrected chi connectivity index (χ3v) is 4.75. The van der Waals surface area contributed by atoms with Gasteiger partial charge in [-0.25, -0.2) is 13.2 Å². The van der Waals surface area contributed by atoms with Crippen molar-refractivity contribution in [2.24, 2.45) is 0 Å². The normalized spacial score (nSPS) is 26.5. The van der Waals surface area contributed by atoms with E-state index in [-0.39, 0.29) is 18.6 Å². The van der Waals surface area contributed by atoms with Crippen molar-refractivity contribution in [2.75, 3.05) is 5.75 Å². The molecular formula is C11H19NO6S. The summed E-state index contributed by atoms with van der Waals surface area (Å²) in [4.78, 5) is 22.4. The average Bonchev–Trinajstić information content (AvgIpc) is 2.17. The molecule has 2 N–H and O–H groups in total. The molecule has 110 valence electrons. The maximum atomic E-state index is 11.6. The van der Waals surface area contributed by atoms with E-state index >= 15 is 0 Å². The van der Waals surface area contributed by atoms with Crippen LogP contribution in [0.5, 0.6) is 0 Å². The van der Waals surface area contributed by atoms with Gasteiger partial charge in [-0.1, -0.05) is 0 Å². The Labute approximate surface area is 112 Å². The predicted octanol–water partition coefficient (Wildman–Crippen LogP) is 0.541. The van der Waals surface area contributed by atoms with Crippen molar-refractivity contribution in [3.63, 3.8) is 0 Å². The van der Waals surface area contributed by atoms with Crippen LogP contribution in [0.3, 0.4) is 0 Å². The van der Waals surface area contributed by atoms with Crippen molar-refractivity contribution in [2.45, 2.75) is 50.5 Å². The van der Waals surface area contributed by atoms with E-state index in [0.717, 1.165) is 0 Å². The fourth-order valence-electron chi connectivity index (χ4n) is 1.83. The number of ether oxygens (including phenoxy) is 1. The number of carbonyl (C=O) groups is 2. The smallest absolute Gasteiger partial charge is 0.407 e. The van der Waals surface area contributed by atoms with Gasteiger partial charge >= 0.3 is 12.1 Å². The van der Waals surface area contributed by atoms with Crippen molar-refractivity contribution in [1.82, 2.24) is 5.32 Å². The number of carbonyl (C=O) groups excluding carboxylic acids is 1. The SMILES string of the molecule is CC(C)(C)OC(=O)NC1CCS(=O)(=O)C(C(=O)O)C1. The summed E-state index contributed by atoms with van der Waals surface area (Å²) >= 11 is 0. The molecule has 2 unspecified atom stereocenters. The Bertz CT molecular complexity index is 464. The minimum atomic E-state index is -3.62. The van der Waals surface area contributed by atoms with Gasteiger partial charge in [0, 0.05) is 6.04 Å². The van der Waals surface area contributed by atoms with Gasteiger partial charge in [0.25, 0.3) is 0 Å². The number of alkyl carbamates (subject to hydrolysis) is 1. The zero-order chi connectivity index (χ0) is 14.8. The van der Waals surface area contributed by atoms with Crippen LogP contribution < -0.4 is 5.32 Å². The Morgan fingerprint density at radius 1 is 1.32 bits per heavy atom. The Balaban J connectivity index is 2.63. The van der Waals surface area contributed by atoms with E-state index in [1.165, 1.54) is 0 Å². The summed E-state index contributed by atoms with van der Waals surface area (Å²) in [6.45, 7) is 5.12. The average molecular weight is 293 g/mol. The topological polar surface area (TPSA) is 110 Å². The van der Waals surface area contributed by atoms with Crippen LogP contribution in [0.2, 0.25) is 0 Å². The molecule has 7 nitrogen and oxygen atoms in total. The van der Waals surface area contributed by atoms with Crippen LogP contribution in [0.1, 0.15) is 33.6 Å². The highest BCUT2D eigenvalue weighted by molar-refractivity contribution is 7.92. The van der Waals surface area contributed by atoms with Gasteiger partial charge in [0.2, 0.25) is 0 Å². The molecule has 1 aliphatic rings. The highest BCUT2D eigenvalue weighted by Gasteiger charge is 2.39. The van der Waals surface area contributed by atoms with Crippen LogP contribution in [0, 0.1) is 0 Å². The van der Waals surface area contributed by atoms with E-state index in [1.54, 1.807) is 20.8 Å². The Morgan fingerprint density at radius 2 is 1.89 bits per heavy atom. The van der Waals surface area contributed by atoms with Gasteiger partial charge in [-0.2, -0.15) is 0 Å². The minimum absolute atomic E-state index is 0.128. The third-order valence-electron chi connectivity index (χ3n) is 2.68. The van der Waals surface area contributed by atoms with Crippen molar-refractivity contribution in [1.29, 1.82) is 0 Å². The van der Waals surface area contributed by atoms with E-state index in [4.69, 9.17) is 9.84 Å². The summed E-state index contributed by atoms with van der Waals surface area (Å²) in [5, 5.41) is 9.94. The van der Waals surface area contributed by atoms with Crippen LogP contribution in [0.25, 0.3) is 0 Å². The van der Waals surface area contributed by atoms with E-state index < -0.39 is 38.8 Å². The fraction of sp³-hybridized carbons (Fsp3) is 0.818. The lowest BCUT2D eigenvalue weighted by atomic mass is 10.1. The number of carboxylic acids is 1. The molecule has 0 aliphatic carbocycles. The molecule has 1 saturated heterocycles. The number of nitrogens with one attached hydrogen (secondary N) is 1.